The van der Waals surface area contributed by atoms with E-state index in [4.69, 9.17) is 10.5 Å². The van der Waals surface area contributed by atoms with Crippen LogP contribution in [0.1, 0.15) is 49.8 Å². The summed E-state index contributed by atoms with van der Waals surface area (Å²) in [5, 5.41) is 0. The van der Waals surface area contributed by atoms with Crippen LogP contribution >= 0.6 is 0 Å². The molecule has 17 heavy (non-hydrogen) atoms. The lowest BCUT2D eigenvalue weighted by Gasteiger charge is -2.32. The van der Waals surface area contributed by atoms with Gasteiger partial charge in [-0.05, 0) is 31.2 Å². The van der Waals surface area contributed by atoms with Crippen molar-refractivity contribution in [2.24, 2.45) is 11.1 Å². The van der Waals surface area contributed by atoms with Crippen LogP contribution in [0, 0.1) is 12.3 Å². The van der Waals surface area contributed by atoms with Gasteiger partial charge in [0.05, 0.1) is 7.11 Å². The zero-order valence-electron chi connectivity index (χ0n) is 11.1. The van der Waals surface area contributed by atoms with Gasteiger partial charge in [0.1, 0.15) is 5.75 Å². The summed E-state index contributed by atoms with van der Waals surface area (Å²) in [6.45, 7) is 4.42. The van der Waals surface area contributed by atoms with E-state index in [1.807, 2.05) is 6.07 Å². The monoisotopic (exact) mass is 233 g/mol. The normalized spacial score (nSPS) is 20.2. The van der Waals surface area contributed by atoms with Crippen LogP contribution in [0.3, 0.4) is 0 Å². The third-order valence-electron chi connectivity index (χ3n) is 4.22. The van der Waals surface area contributed by atoms with Gasteiger partial charge in [-0.1, -0.05) is 37.5 Å². The average Bonchev–Trinajstić information content (AvgIpc) is 2.76. The van der Waals surface area contributed by atoms with E-state index in [1.54, 1.807) is 7.11 Å². The zero-order chi connectivity index (χ0) is 12.5. The lowest BCUT2D eigenvalue weighted by Crippen LogP contribution is -2.29. The fourth-order valence-electron chi connectivity index (χ4n) is 2.97. The van der Waals surface area contributed by atoms with Gasteiger partial charge in [-0.3, -0.25) is 0 Å². The molecule has 1 aliphatic rings. The summed E-state index contributed by atoms with van der Waals surface area (Å²) in [5.74, 6) is 0.927. The average molecular weight is 233 g/mol. The minimum atomic E-state index is 0.0832. The predicted molar refractivity (Wildman–Crippen MR) is 71.2 cm³/mol. The van der Waals surface area contributed by atoms with E-state index in [9.17, 15) is 0 Å². The SMILES string of the molecule is COc1ccc(C)cc1C(N)C1(C)CCCC1. The van der Waals surface area contributed by atoms with Gasteiger partial charge < -0.3 is 10.5 Å². The summed E-state index contributed by atoms with van der Waals surface area (Å²) in [7, 11) is 1.72. The number of hydrogen-bond acceptors (Lipinski definition) is 2. The zero-order valence-corrected chi connectivity index (χ0v) is 11.1. The van der Waals surface area contributed by atoms with Crippen molar-refractivity contribution < 1.29 is 4.74 Å². The summed E-state index contributed by atoms with van der Waals surface area (Å²) < 4.78 is 5.45. The Morgan fingerprint density at radius 2 is 1.94 bits per heavy atom. The molecule has 1 aliphatic carbocycles. The number of methoxy groups -OCH3 is 1. The Kier molecular flexibility index (Phi) is 3.43. The first kappa shape index (κ1) is 12.4. The Bertz CT molecular complexity index is 394. The molecule has 2 rings (SSSR count). The van der Waals surface area contributed by atoms with Gasteiger partial charge >= 0.3 is 0 Å². The fraction of sp³-hybridized carbons (Fsp3) is 0.600. The summed E-state index contributed by atoms with van der Waals surface area (Å²) in [6.07, 6.45) is 5.06. The Labute approximate surface area is 104 Å². The topological polar surface area (TPSA) is 35.2 Å². The second-order valence-corrected chi connectivity index (χ2v) is 5.58. The minimum absolute atomic E-state index is 0.0832. The molecule has 0 heterocycles. The molecule has 0 radical (unpaired) electrons. The Morgan fingerprint density at radius 1 is 1.29 bits per heavy atom. The highest BCUT2D eigenvalue weighted by atomic mass is 16.5. The molecule has 0 aliphatic heterocycles. The second-order valence-electron chi connectivity index (χ2n) is 5.58. The van der Waals surface area contributed by atoms with Crippen molar-refractivity contribution in [2.75, 3.05) is 7.11 Å². The molecule has 0 aromatic heterocycles. The minimum Gasteiger partial charge on any atom is -0.496 e. The van der Waals surface area contributed by atoms with Gasteiger partial charge in [0.2, 0.25) is 0 Å². The van der Waals surface area contributed by atoms with Crippen molar-refractivity contribution in [2.45, 2.75) is 45.6 Å². The van der Waals surface area contributed by atoms with Crippen molar-refractivity contribution in [3.8, 4) is 5.75 Å². The van der Waals surface area contributed by atoms with Gasteiger partial charge in [0, 0.05) is 11.6 Å². The lowest BCUT2D eigenvalue weighted by atomic mass is 9.77. The number of hydrogen-bond donors (Lipinski definition) is 1. The van der Waals surface area contributed by atoms with Gasteiger partial charge in [0.25, 0.3) is 0 Å². The quantitative estimate of drug-likeness (QED) is 0.866. The highest BCUT2D eigenvalue weighted by Crippen LogP contribution is 2.47. The molecule has 0 amide bonds. The first-order valence-corrected chi connectivity index (χ1v) is 6.47. The van der Waals surface area contributed by atoms with Crippen LogP contribution in [-0.2, 0) is 0 Å². The molecule has 2 nitrogen and oxygen atoms in total. The van der Waals surface area contributed by atoms with Gasteiger partial charge in [-0.25, -0.2) is 0 Å². The summed E-state index contributed by atoms with van der Waals surface area (Å²) in [4.78, 5) is 0. The van der Waals surface area contributed by atoms with Crippen molar-refractivity contribution in [1.82, 2.24) is 0 Å². The summed E-state index contributed by atoms with van der Waals surface area (Å²) in [5.41, 5.74) is 9.15. The first-order chi connectivity index (χ1) is 8.07. The van der Waals surface area contributed by atoms with E-state index in [-0.39, 0.29) is 11.5 Å². The highest BCUT2D eigenvalue weighted by Gasteiger charge is 2.36. The van der Waals surface area contributed by atoms with E-state index in [1.165, 1.54) is 31.2 Å². The summed E-state index contributed by atoms with van der Waals surface area (Å²) in [6, 6.07) is 6.36. The number of benzene rings is 1. The van der Waals surface area contributed by atoms with Crippen molar-refractivity contribution in [3.05, 3.63) is 29.3 Å². The molecule has 1 aromatic carbocycles. The van der Waals surface area contributed by atoms with Gasteiger partial charge in [-0.2, -0.15) is 0 Å². The predicted octanol–water partition coefficient (Wildman–Crippen LogP) is 3.58. The smallest absolute Gasteiger partial charge is 0.123 e. The first-order valence-electron chi connectivity index (χ1n) is 6.47. The van der Waals surface area contributed by atoms with Crippen LogP contribution < -0.4 is 10.5 Å². The third-order valence-corrected chi connectivity index (χ3v) is 4.22. The fourth-order valence-corrected chi connectivity index (χ4v) is 2.97. The number of rotatable bonds is 3. The van der Waals surface area contributed by atoms with E-state index in [2.05, 4.69) is 26.0 Å². The van der Waals surface area contributed by atoms with E-state index in [0.29, 0.717) is 0 Å². The standard InChI is InChI=1S/C15H23NO/c1-11-6-7-13(17-3)12(10-11)14(16)15(2)8-4-5-9-15/h6-7,10,14H,4-5,8-9,16H2,1-3H3. The molecule has 0 spiro atoms. The number of nitrogens with two attached hydrogens (primary N) is 1. The molecular weight excluding hydrogens is 210 g/mol. The molecule has 1 aromatic rings. The Hall–Kier alpha value is -1.02. The van der Waals surface area contributed by atoms with E-state index < -0.39 is 0 Å². The second kappa shape index (κ2) is 4.69. The molecule has 1 atom stereocenters. The number of ether oxygens (including phenoxy) is 1. The lowest BCUT2D eigenvalue weighted by molar-refractivity contribution is 0.259. The molecule has 0 saturated heterocycles. The Morgan fingerprint density at radius 3 is 2.53 bits per heavy atom. The van der Waals surface area contributed by atoms with Gasteiger partial charge in [0.15, 0.2) is 0 Å². The molecule has 2 heteroatoms. The molecular formula is C15H23NO. The Balaban J connectivity index is 2.35. The van der Waals surface area contributed by atoms with Crippen LogP contribution in [0.25, 0.3) is 0 Å². The maximum Gasteiger partial charge on any atom is 0.123 e. The number of aryl methyl sites for hydroxylation is 1. The third kappa shape index (κ3) is 2.32. The van der Waals surface area contributed by atoms with Crippen LogP contribution in [0.4, 0.5) is 0 Å². The van der Waals surface area contributed by atoms with Crippen molar-refractivity contribution in [3.63, 3.8) is 0 Å². The molecule has 1 unspecified atom stereocenters. The van der Waals surface area contributed by atoms with E-state index in [0.717, 1.165) is 11.3 Å². The van der Waals surface area contributed by atoms with Crippen LogP contribution in [-0.4, -0.2) is 7.11 Å². The van der Waals surface area contributed by atoms with Crippen molar-refractivity contribution >= 4 is 0 Å². The highest BCUT2D eigenvalue weighted by molar-refractivity contribution is 5.40. The maximum atomic E-state index is 6.50. The van der Waals surface area contributed by atoms with Crippen molar-refractivity contribution in [1.29, 1.82) is 0 Å². The van der Waals surface area contributed by atoms with Crippen LogP contribution in [0.2, 0.25) is 0 Å². The maximum absolute atomic E-state index is 6.50. The van der Waals surface area contributed by atoms with Gasteiger partial charge in [-0.15, -0.1) is 0 Å². The van der Waals surface area contributed by atoms with Crippen LogP contribution in [0.5, 0.6) is 5.75 Å². The largest absolute Gasteiger partial charge is 0.496 e. The van der Waals surface area contributed by atoms with E-state index >= 15 is 0 Å². The molecule has 94 valence electrons. The molecule has 2 N–H and O–H groups in total. The molecule has 1 fully saturated rings. The molecule has 0 bridgehead atoms. The van der Waals surface area contributed by atoms with Crippen LogP contribution in [0.15, 0.2) is 18.2 Å². The molecule has 1 saturated carbocycles. The summed E-state index contributed by atoms with van der Waals surface area (Å²) >= 11 is 0.